The monoisotopic (exact) mass is 385 g/mol. The highest BCUT2D eigenvalue weighted by Crippen LogP contribution is 2.47. The highest BCUT2D eigenvalue weighted by atomic mass is 16.5. The summed E-state index contributed by atoms with van der Waals surface area (Å²) in [5.74, 6) is 1.52. The second-order valence-corrected chi connectivity index (χ2v) is 9.59. The Bertz CT molecular complexity index is 789. The molecule has 0 saturated heterocycles. The lowest BCUT2D eigenvalue weighted by molar-refractivity contribution is -0.144. The molecule has 0 radical (unpaired) electrons. The van der Waals surface area contributed by atoms with Gasteiger partial charge in [0.05, 0.1) is 5.60 Å². The SMILES string of the molecule is CN(CC1CC1)C1CCCc2c3ccc(O)c2OC2CC(O)(CCC2=O)C1C3. The molecule has 2 N–H and O–H groups in total. The third-order valence-electron chi connectivity index (χ3n) is 7.63. The fraction of sp³-hybridized carbons (Fsp3) is 0.696. The van der Waals surface area contributed by atoms with Gasteiger partial charge in [-0.25, -0.2) is 0 Å². The van der Waals surface area contributed by atoms with Gasteiger partial charge in [0.25, 0.3) is 0 Å². The summed E-state index contributed by atoms with van der Waals surface area (Å²) in [6, 6.07) is 4.00. The summed E-state index contributed by atoms with van der Waals surface area (Å²) < 4.78 is 6.11. The Morgan fingerprint density at radius 1 is 1.25 bits per heavy atom. The number of rotatable bonds is 3. The Morgan fingerprint density at radius 3 is 2.86 bits per heavy atom. The minimum Gasteiger partial charge on any atom is -0.504 e. The molecule has 2 saturated carbocycles. The molecule has 1 heterocycles. The molecule has 1 aliphatic heterocycles. The predicted molar refractivity (Wildman–Crippen MR) is 106 cm³/mol. The number of hydrogen-bond donors (Lipinski definition) is 2. The maximum atomic E-state index is 12.6. The number of nitrogens with zero attached hydrogens (tertiary/aromatic N) is 1. The van der Waals surface area contributed by atoms with E-state index in [1.54, 1.807) is 6.07 Å². The van der Waals surface area contributed by atoms with Crippen molar-refractivity contribution >= 4 is 5.78 Å². The van der Waals surface area contributed by atoms with Crippen molar-refractivity contribution in [3.63, 3.8) is 0 Å². The van der Waals surface area contributed by atoms with Crippen molar-refractivity contribution in [3.05, 3.63) is 23.3 Å². The van der Waals surface area contributed by atoms with Crippen molar-refractivity contribution in [2.75, 3.05) is 13.6 Å². The first-order valence-electron chi connectivity index (χ1n) is 10.9. The fourth-order valence-corrected chi connectivity index (χ4v) is 5.86. The standard InChI is InChI=1S/C23H31NO4/c1-24(13-14-5-6-14)18-4-2-3-16-15-7-8-20(26)22(16)28-21-12-23(27,17(18)11-15)10-9-19(21)25/h7-8,14,17-18,21,26-27H,2-6,9-13H2,1H3. The van der Waals surface area contributed by atoms with E-state index >= 15 is 0 Å². The Balaban J connectivity index is 1.60. The van der Waals surface area contributed by atoms with Crippen LogP contribution in [0.2, 0.25) is 0 Å². The van der Waals surface area contributed by atoms with E-state index in [4.69, 9.17) is 4.74 Å². The van der Waals surface area contributed by atoms with E-state index in [0.29, 0.717) is 31.1 Å². The van der Waals surface area contributed by atoms with Crippen LogP contribution in [0, 0.1) is 11.8 Å². The van der Waals surface area contributed by atoms with Crippen molar-refractivity contribution < 1.29 is 19.7 Å². The lowest BCUT2D eigenvalue weighted by atomic mass is 9.67. The number of hydrogen-bond acceptors (Lipinski definition) is 5. The molecule has 28 heavy (non-hydrogen) atoms. The largest absolute Gasteiger partial charge is 0.504 e. The van der Waals surface area contributed by atoms with Crippen LogP contribution in [0.1, 0.15) is 56.1 Å². The topological polar surface area (TPSA) is 70.0 Å². The molecule has 0 amide bonds. The van der Waals surface area contributed by atoms with Gasteiger partial charge < -0.3 is 19.8 Å². The van der Waals surface area contributed by atoms with Gasteiger partial charge in [0.1, 0.15) is 0 Å². The molecular weight excluding hydrogens is 354 g/mol. The maximum absolute atomic E-state index is 12.6. The molecule has 4 unspecified atom stereocenters. The second kappa shape index (κ2) is 6.74. The second-order valence-electron chi connectivity index (χ2n) is 9.59. The van der Waals surface area contributed by atoms with E-state index in [0.717, 1.165) is 49.3 Å². The van der Waals surface area contributed by atoms with E-state index in [1.807, 2.05) is 6.07 Å². The van der Waals surface area contributed by atoms with Crippen molar-refractivity contribution in [3.8, 4) is 11.5 Å². The van der Waals surface area contributed by atoms with Crippen LogP contribution in [-0.4, -0.2) is 52.2 Å². The van der Waals surface area contributed by atoms with Gasteiger partial charge in [0.2, 0.25) is 0 Å². The average Bonchev–Trinajstić information content (AvgIpc) is 3.44. The quantitative estimate of drug-likeness (QED) is 0.837. The van der Waals surface area contributed by atoms with Gasteiger partial charge >= 0.3 is 0 Å². The number of aromatic hydroxyl groups is 1. The van der Waals surface area contributed by atoms with E-state index in [2.05, 4.69) is 11.9 Å². The first-order valence-corrected chi connectivity index (χ1v) is 10.9. The van der Waals surface area contributed by atoms with Crippen molar-refractivity contribution in [2.24, 2.45) is 11.8 Å². The number of carbonyl (C=O) groups excluding carboxylic acids is 1. The number of Topliss-reactive ketones (excluding diaryl/α,β-unsaturated/α-hetero) is 1. The zero-order chi connectivity index (χ0) is 19.5. The predicted octanol–water partition coefficient (Wildman–Crippen LogP) is 2.84. The Kier molecular flexibility index (Phi) is 4.44. The van der Waals surface area contributed by atoms with E-state index in [1.165, 1.54) is 12.8 Å². The number of fused-ring (bicyclic) bond motifs is 4. The van der Waals surface area contributed by atoms with Crippen LogP contribution < -0.4 is 4.74 Å². The molecule has 2 fully saturated rings. The molecule has 1 aromatic carbocycles. The Hall–Kier alpha value is -1.59. The molecule has 152 valence electrons. The van der Waals surface area contributed by atoms with E-state index in [9.17, 15) is 15.0 Å². The molecule has 5 nitrogen and oxygen atoms in total. The molecule has 5 heteroatoms. The number of ether oxygens (including phenoxy) is 1. The van der Waals surface area contributed by atoms with E-state index < -0.39 is 11.7 Å². The first kappa shape index (κ1) is 18.4. The molecule has 3 aliphatic carbocycles. The van der Waals surface area contributed by atoms with Crippen LogP contribution in [0.3, 0.4) is 0 Å². The van der Waals surface area contributed by atoms with E-state index in [-0.39, 0.29) is 17.5 Å². The molecule has 5 rings (SSSR count). The zero-order valence-electron chi connectivity index (χ0n) is 16.7. The van der Waals surface area contributed by atoms with Crippen LogP contribution in [0.15, 0.2) is 12.1 Å². The third-order valence-corrected chi connectivity index (χ3v) is 7.63. The molecular formula is C23H31NO4. The zero-order valence-corrected chi connectivity index (χ0v) is 16.7. The number of phenolic OH excluding ortho intramolecular Hbond substituents is 1. The summed E-state index contributed by atoms with van der Waals surface area (Å²) >= 11 is 0. The highest BCUT2D eigenvalue weighted by Gasteiger charge is 2.50. The van der Waals surface area contributed by atoms with Crippen LogP contribution in [0.4, 0.5) is 0 Å². The van der Waals surface area contributed by atoms with Crippen molar-refractivity contribution in [2.45, 2.75) is 75.5 Å². The Labute approximate surface area is 166 Å². The van der Waals surface area contributed by atoms with Crippen LogP contribution in [-0.2, 0) is 17.6 Å². The fourth-order valence-electron chi connectivity index (χ4n) is 5.86. The number of aliphatic hydroxyl groups is 1. The van der Waals surface area contributed by atoms with Crippen molar-refractivity contribution in [1.82, 2.24) is 4.90 Å². The van der Waals surface area contributed by atoms with Crippen LogP contribution in [0.25, 0.3) is 0 Å². The third kappa shape index (κ3) is 3.13. The molecule has 1 aromatic rings. The minimum absolute atomic E-state index is 0.0446. The summed E-state index contributed by atoms with van der Waals surface area (Å²) in [6.45, 7) is 1.10. The molecule has 4 atom stereocenters. The smallest absolute Gasteiger partial charge is 0.173 e. The lowest BCUT2D eigenvalue weighted by Gasteiger charge is -2.47. The normalized spacial score (nSPS) is 34.8. The van der Waals surface area contributed by atoms with Gasteiger partial charge in [-0.2, -0.15) is 0 Å². The van der Waals surface area contributed by atoms with Gasteiger partial charge in [-0.3, -0.25) is 4.79 Å². The van der Waals surface area contributed by atoms with Crippen molar-refractivity contribution in [1.29, 1.82) is 0 Å². The minimum atomic E-state index is -0.905. The lowest BCUT2D eigenvalue weighted by Crippen LogP contribution is -2.56. The highest BCUT2D eigenvalue weighted by molar-refractivity contribution is 5.84. The average molecular weight is 386 g/mol. The number of ketones is 1. The van der Waals surface area contributed by atoms with Gasteiger partial charge in [0.15, 0.2) is 23.4 Å². The summed E-state index contributed by atoms with van der Waals surface area (Å²) in [7, 11) is 2.21. The molecule has 6 bridgehead atoms. The maximum Gasteiger partial charge on any atom is 0.173 e. The number of benzene rings is 1. The van der Waals surface area contributed by atoms with Crippen LogP contribution in [0.5, 0.6) is 11.5 Å². The van der Waals surface area contributed by atoms with Gasteiger partial charge in [-0.15, -0.1) is 0 Å². The summed E-state index contributed by atoms with van der Waals surface area (Å²) in [6.07, 6.45) is 6.84. The Morgan fingerprint density at radius 2 is 2.07 bits per heavy atom. The van der Waals surface area contributed by atoms with Gasteiger partial charge in [-0.1, -0.05) is 6.07 Å². The number of carbonyl (C=O) groups is 1. The first-order chi connectivity index (χ1) is 13.4. The van der Waals surface area contributed by atoms with Gasteiger partial charge in [-0.05, 0) is 69.5 Å². The van der Waals surface area contributed by atoms with Crippen LogP contribution >= 0.6 is 0 Å². The molecule has 0 aromatic heterocycles. The summed E-state index contributed by atoms with van der Waals surface area (Å²) in [5.41, 5.74) is 1.30. The summed E-state index contributed by atoms with van der Waals surface area (Å²) in [4.78, 5) is 15.1. The molecule has 4 aliphatic rings. The number of phenols is 1. The van der Waals surface area contributed by atoms with Gasteiger partial charge in [0, 0.05) is 36.9 Å². The summed E-state index contributed by atoms with van der Waals surface area (Å²) in [5, 5.41) is 22.3. The molecule has 0 spiro atoms.